The molecule has 0 amide bonds. The van der Waals surface area contributed by atoms with Crippen molar-refractivity contribution in [2.45, 2.75) is 25.3 Å². The van der Waals surface area contributed by atoms with Crippen molar-refractivity contribution < 1.29 is 8.78 Å². The van der Waals surface area contributed by atoms with Gasteiger partial charge in [-0.1, -0.05) is 6.42 Å². The molecule has 1 atom stereocenters. The van der Waals surface area contributed by atoms with Crippen molar-refractivity contribution in [3.05, 3.63) is 17.7 Å². The van der Waals surface area contributed by atoms with E-state index in [1.165, 1.54) is 12.8 Å². The zero-order valence-electron chi connectivity index (χ0n) is 10.9. The number of piperidine rings is 1. The lowest BCUT2D eigenvalue weighted by molar-refractivity contribution is 0.194. The standard InChI is InChI=1S/C12H19F2N5/c1-19-5-3-2-4-8(19)7-16-11-9(13)6-10(14)12(17-11)18-15/h6,8H,2-5,7,15H2,1H3,(H2,16,17,18). The lowest BCUT2D eigenvalue weighted by atomic mass is 10.0. The van der Waals surface area contributed by atoms with Crippen molar-refractivity contribution in [2.24, 2.45) is 5.84 Å². The van der Waals surface area contributed by atoms with Crippen LogP contribution in [0, 0.1) is 11.6 Å². The quantitative estimate of drug-likeness (QED) is 0.572. The van der Waals surface area contributed by atoms with Crippen molar-refractivity contribution >= 4 is 11.6 Å². The second kappa shape index (κ2) is 6.12. The molecule has 1 aromatic rings. The van der Waals surface area contributed by atoms with E-state index >= 15 is 0 Å². The molecule has 1 aromatic heterocycles. The molecule has 1 aliphatic heterocycles. The minimum Gasteiger partial charge on any atom is -0.366 e. The third kappa shape index (κ3) is 3.30. The van der Waals surface area contributed by atoms with E-state index in [9.17, 15) is 8.78 Å². The lowest BCUT2D eigenvalue weighted by Gasteiger charge is -2.32. The molecule has 4 N–H and O–H groups in total. The van der Waals surface area contributed by atoms with E-state index in [1.54, 1.807) is 0 Å². The van der Waals surface area contributed by atoms with Gasteiger partial charge in [-0.05, 0) is 26.4 Å². The number of likely N-dealkylation sites (tertiary alicyclic amines) is 1. The van der Waals surface area contributed by atoms with Gasteiger partial charge in [-0.2, -0.15) is 0 Å². The number of likely N-dealkylation sites (N-methyl/N-ethyl adjacent to an activating group) is 1. The highest BCUT2D eigenvalue weighted by Crippen LogP contribution is 2.20. The fraction of sp³-hybridized carbons (Fsp3) is 0.583. The average Bonchev–Trinajstić information content (AvgIpc) is 2.39. The second-order valence-corrected chi connectivity index (χ2v) is 4.80. The van der Waals surface area contributed by atoms with Crippen LogP contribution in [-0.2, 0) is 0 Å². The van der Waals surface area contributed by atoms with Gasteiger partial charge in [-0.3, -0.25) is 0 Å². The Morgan fingerprint density at radius 3 is 2.79 bits per heavy atom. The Balaban J connectivity index is 2.02. The molecule has 0 radical (unpaired) electrons. The number of nitrogen functional groups attached to an aromatic ring is 1. The first-order valence-corrected chi connectivity index (χ1v) is 6.38. The predicted octanol–water partition coefficient (Wildman–Crippen LogP) is 1.54. The van der Waals surface area contributed by atoms with Crippen LogP contribution in [0.15, 0.2) is 6.07 Å². The molecular formula is C12H19F2N5. The zero-order valence-corrected chi connectivity index (χ0v) is 10.9. The molecule has 2 rings (SSSR count). The van der Waals surface area contributed by atoms with Gasteiger partial charge in [0.1, 0.15) is 0 Å². The number of hydrogen-bond donors (Lipinski definition) is 3. The third-order valence-corrected chi connectivity index (χ3v) is 3.49. The number of rotatable bonds is 4. The molecule has 106 valence electrons. The van der Waals surface area contributed by atoms with Crippen LogP contribution in [0.25, 0.3) is 0 Å². The Morgan fingerprint density at radius 1 is 1.37 bits per heavy atom. The molecule has 0 bridgehead atoms. The Hall–Kier alpha value is -1.47. The third-order valence-electron chi connectivity index (χ3n) is 3.49. The number of nitrogens with one attached hydrogen (secondary N) is 2. The van der Waals surface area contributed by atoms with E-state index in [0.717, 1.165) is 19.0 Å². The summed E-state index contributed by atoms with van der Waals surface area (Å²) in [6, 6.07) is 1.11. The maximum Gasteiger partial charge on any atom is 0.178 e. The van der Waals surface area contributed by atoms with E-state index in [-0.39, 0.29) is 11.6 Å². The maximum absolute atomic E-state index is 13.6. The van der Waals surface area contributed by atoms with Crippen LogP contribution in [-0.4, -0.2) is 36.1 Å². The molecule has 5 nitrogen and oxygen atoms in total. The molecule has 1 aliphatic rings. The zero-order chi connectivity index (χ0) is 13.8. The van der Waals surface area contributed by atoms with Gasteiger partial charge in [0.15, 0.2) is 23.3 Å². The van der Waals surface area contributed by atoms with Gasteiger partial charge in [0.25, 0.3) is 0 Å². The van der Waals surface area contributed by atoms with E-state index < -0.39 is 11.6 Å². The van der Waals surface area contributed by atoms with Gasteiger partial charge in [0, 0.05) is 18.7 Å². The molecule has 1 unspecified atom stereocenters. The van der Waals surface area contributed by atoms with Crippen LogP contribution in [0.4, 0.5) is 20.4 Å². The summed E-state index contributed by atoms with van der Waals surface area (Å²) >= 11 is 0. The topological polar surface area (TPSA) is 66.2 Å². The second-order valence-electron chi connectivity index (χ2n) is 4.80. The molecule has 7 heteroatoms. The van der Waals surface area contributed by atoms with Gasteiger partial charge < -0.3 is 15.6 Å². The highest BCUT2D eigenvalue weighted by Gasteiger charge is 2.19. The maximum atomic E-state index is 13.6. The smallest absolute Gasteiger partial charge is 0.178 e. The Labute approximate surface area is 111 Å². The molecule has 19 heavy (non-hydrogen) atoms. The van der Waals surface area contributed by atoms with Crippen molar-refractivity contribution in [1.82, 2.24) is 9.88 Å². The summed E-state index contributed by atoms with van der Waals surface area (Å²) in [5, 5.41) is 2.92. The van der Waals surface area contributed by atoms with Crippen molar-refractivity contribution in [1.29, 1.82) is 0 Å². The van der Waals surface area contributed by atoms with E-state index in [1.807, 2.05) is 7.05 Å². The first-order chi connectivity index (χ1) is 9.11. The number of aromatic nitrogens is 1. The molecule has 0 aromatic carbocycles. The molecule has 2 heterocycles. The molecule has 1 fully saturated rings. The summed E-state index contributed by atoms with van der Waals surface area (Å²) in [6.45, 7) is 1.62. The van der Waals surface area contributed by atoms with Crippen molar-refractivity contribution in [2.75, 3.05) is 30.9 Å². The molecular weight excluding hydrogens is 252 g/mol. The minimum absolute atomic E-state index is 0.0216. The van der Waals surface area contributed by atoms with Gasteiger partial charge in [0.05, 0.1) is 0 Å². The SMILES string of the molecule is CN1CCCCC1CNc1nc(NN)c(F)cc1F. The number of pyridine rings is 1. The first-order valence-electron chi connectivity index (χ1n) is 6.38. The largest absolute Gasteiger partial charge is 0.366 e. The normalized spacial score (nSPS) is 20.3. The van der Waals surface area contributed by atoms with E-state index in [4.69, 9.17) is 5.84 Å². The van der Waals surface area contributed by atoms with Gasteiger partial charge in [-0.15, -0.1) is 0 Å². The summed E-state index contributed by atoms with van der Waals surface area (Å²) < 4.78 is 26.8. The number of nitrogens with zero attached hydrogens (tertiary/aromatic N) is 2. The van der Waals surface area contributed by atoms with Crippen LogP contribution in [0.2, 0.25) is 0 Å². The number of hydrogen-bond acceptors (Lipinski definition) is 5. The minimum atomic E-state index is -0.805. The number of nitrogens with two attached hydrogens (primary N) is 1. The highest BCUT2D eigenvalue weighted by atomic mass is 19.1. The Morgan fingerprint density at radius 2 is 2.11 bits per heavy atom. The monoisotopic (exact) mass is 271 g/mol. The summed E-state index contributed by atoms with van der Waals surface area (Å²) in [6.07, 6.45) is 3.43. The summed E-state index contributed by atoms with van der Waals surface area (Å²) in [5.74, 6) is 3.46. The number of anilines is 2. The van der Waals surface area contributed by atoms with Crippen LogP contribution < -0.4 is 16.6 Å². The van der Waals surface area contributed by atoms with Crippen LogP contribution >= 0.6 is 0 Å². The number of halogens is 2. The van der Waals surface area contributed by atoms with Crippen LogP contribution in [0.3, 0.4) is 0 Å². The van der Waals surface area contributed by atoms with Crippen molar-refractivity contribution in [3.63, 3.8) is 0 Å². The lowest BCUT2D eigenvalue weighted by Crippen LogP contribution is -2.41. The summed E-state index contributed by atoms with van der Waals surface area (Å²) in [4.78, 5) is 6.02. The van der Waals surface area contributed by atoms with Crippen LogP contribution in [0.5, 0.6) is 0 Å². The van der Waals surface area contributed by atoms with Gasteiger partial charge in [0.2, 0.25) is 0 Å². The molecule has 0 saturated carbocycles. The first kappa shape index (κ1) is 14.0. The predicted molar refractivity (Wildman–Crippen MR) is 70.7 cm³/mol. The fourth-order valence-electron chi connectivity index (χ4n) is 2.31. The summed E-state index contributed by atoms with van der Waals surface area (Å²) in [5.41, 5.74) is 2.11. The number of hydrazine groups is 1. The fourth-order valence-corrected chi connectivity index (χ4v) is 2.31. The van der Waals surface area contributed by atoms with Crippen LogP contribution in [0.1, 0.15) is 19.3 Å². The Kier molecular flexibility index (Phi) is 4.49. The van der Waals surface area contributed by atoms with E-state index in [0.29, 0.717) is 12.6 Å². The molecule has 0 aliphatic carbocycles. The van der Waals surface area contributed by atoms with Gasteiger partial charge >= 0.3 is 0 Å². The highest BCUT2D eigenvalue weighted by molar-refractivity contribution is 5.46. The van der Waals surface area contributed by atoms with E-state index in [2.05, 4.69) is 20.6 Å². The molecule has 0 spiro atoms. The average molecular weight is 271 g/mol. The summed E-state index contributed by atoms with van der Waals surface area (Å²) in [7, 11) is 2.05. The Bertz CT molecular complexity index is 440. The van der Waals surface area contributed by atoms with Crippen molar-refractivity contribution in [3.8, 4) is 0 Å². The van der Waals surface area contributed by atoms with Gasteiger partial charge in [-0.25, -0.2) is 19.6 Å². The molecule has 1 saturated heterocycles.